The minimum Gasteiger partial charge on any atom is -0.271 e. The van der Waals surface area contributed by atoms with Crippen LogP contribution in [-0.2, 0) is 0 Å². The Morgan fingerprint density at radius 3 is 2.75 bits per heavy atom. The highest BCUT2D eigenvalue weighted by molar-refractivity contribution is 5.27. The van der Waals surface area contributed by atoms with Crippen LogP contribution in [-0.4, -0.2) is 0 Å². The Morgan fingerprint density at radius 2 is 2.25 bits per heavy atom. The van der Waals surface area contributed by atoms with Crippen LogP contribution in [0.2, 0.25) is 0 Å². The molecule has 2 nitrogen and oxygen atoms in total. The number of hydrogen-bond acceptors (Lipinski definition) is 2. The molecule has 0 aliphatic rings. The zero-order valence-corrected chi connectivity index (χ0v) is 9.89. The summed E-state index contributed by atoms with van der Waals surface area (Å²) in [6.07, 6.45) is 1.54. The predicted molar refractivity (Wildman–Crippen MR) is 65.2 cm³/mol. The summed E-state index contributed by atoms with van der Waals surface area (Å²) in [7, 11) is 0. The van der Waals surface area contributed by atoms with Crippen LogP contribution in [0.5, 0.6) is 0 Å². The van der Waals surface area contributed by atoms with Gasteiger partial charge in [0.2, 0.25) is 0 Å². The molecule has 88 valence electrons. The minimum absolute atomic E-state index is 0.201. The summed E-state index contributed by atoms with van der Waals surface area (Å²) in [5.41, 5.74) is 5.21. The Balaban J connectivity index is 2.90. The fourth-order valence-corrected chi connectivity index (χ4v) is 1.61. The van der Waals surface area contributed by atoms with Crippen molar-refractivity contribution in [1.82, 2.24) is 5.43 Å². The molecule has 3 N–H and O–H groups in total. The molecule has 0 saturated heterocycles. The molecule has 3 heteroatoms. The maximum atomic E-state index is 13.7. The largest absolute Gasteiger partial charge is 0.271 e. The van der Waals surface area contributed by atoms with Crippen molar-refractivity contribution in [2.45, 2.75) is 32.7 Å². The zero-order chi connectivity index (χ0) is 12.1. The van der Waals surface area contributed by atoms with Crippen molar-refractivity contribution in [2.75, 3.05) is 0 Å². The summed E-state index contributed by atoms with van der Waals surface area (Å²) in [5, 5.41) is 0. The normalized spacial score (nSPS) is 12.5. The molecule has 0 aromatic heterocycles. The van der Waals surface area contributed by atoms with Crippen LogP contribution < -0.4 is 11.3 Å². The lowest BCUT2D eigenvalue weighted by Gasteiger charge is -2.18. The van der Waals surface area contributed by atoms with Gasteiger partial charge in [-0.15, -0.1) is 0 Å². The summed E-state index contributed by atoms with van der Waals surface area (Å²) in [5.74, 6) is 5.24. The molecule has 0 aliphatic heterocycles. The molecule has 1 unspecified atom stereocenters. The number of rotatable bonds is 5. The van der Waals surface area contributed by atoms with Gasteiger partial charge in [-0.2, -0.15) is 0 Å². The van der Waals surface area contributed by atoms with Crippen LogP contribution >= 0.6 is 0 Å². The van der Waals surface area contributed by atoms with Crippen molar-refractivity contribution in [3.63, 3.8) is 0 Å². The zero-order valence-electron chi connectivity index (χ0n) is 9.89. The van der Waals surface area contributed by atoms with E-state index in [4.69, 9.17) is 5.84 Å². The lowest BCUT2D eigenvalue weighted by atomic mass is 9.97. The molecular weight excluding hydrogens is 203 g/mol. The predicted octanol–water partition coefficient (Wildman–Crippen LogP) is 2.99. The van der Waals surface area contributed by atoms with Gasteiger partial charge in [0.1, 0.15) is 5.82 Å². The molecule has 0 amide bonds. The van der Waals surface area contributed by atoms with E-state index in [1.165, 1.54) is 6.07 Å². The standard InChI is InChI=1S/C13H19FN2/c1-4-9(2)8-13(16-15)11-6-5-10(3)7-12(11)14/h5-7,13,16H,2,4,8,15H2,1,3H3. The highest BCUT2D eigenvalue weighted by Gasteiger charge is 2.14. The Labute approximate surface area is 96.3 Å². The maximum absolute atomic E-state index is 13.7. The SMILES string of the molecule is C=C(CC)CC(NN)c1ccc(C)cc1F. The molecule has 1 rings (SSSR count). The first-order chi connectivity index (χ1) is 7.58. The Hall–Kier alpha value is -1.19. The number of hydrazine groups is 1. The van der Waals surface area contributed by atoms with E-state index in [-0.39, 0.29) is 11.9 Å². The van der Waals surface area contributed by atoms with Gasteiger partial charge in [-0.05, 0) is 31.4 Å². The van der Waals surface area contributed by atoms with Crippen LogP contribution in [0, 0.1) is 12.7 Å². The van der Waals surface area contributed by atoms with E-state index >= 15 is 0 Å². The van der Waals surface area contributed by atoms with Crippen LogP contribution in [0.1, 0.15) is 36.9 Å². The van der Waals surface area contributed by atoms with E-state index in [1.807, 2.05) is 19.9 Å². The highest BCUT2D eigenvalue weighted by atomic mass is 19.1. The maximum Gasteiger partial charge on any atom is 0.128 e. The molecule has 1 atom stereocenters. The third-order valence-electron chi connectivity index (χ3n) is 2.73. The minimum atomic E-state index is -0.216. The van der Waals surface area contributed by atoms with E-state index in [0.717, 1.165) is 17.6 Å². The molecule has 0 saturated carbocycles. The van der Waals surface area contributed by atoms with E-state index in [1.54, 1.807) is 6.07 Å². The fourth-order valence-electron chi connectivity index (χ4n) is 1.61. The molecule has 1 aromatic rings. The van der Waals surface area contributed by atoms with Crippen LogP contribution in [0.15, 0.2) is 30.4 Å². The van der Waals surface area contributed by atoms with E-state index < -0.39 is 0 Å². The monoisotopic (exact) mass is 222 g/mol. The van der Waals surface area contributed by atoms with E-state index in [0.29, 0.717) is 12.0 Å². The van der Waals surface area contributed by atoms with Gasteiger partial charge in [-0.1, -0.05) is 31.2 Å². The molecule has 0 bridgehead atoms. The Morgan fingerprint density at radius 1 is 1.56 bits per heavy atom. The Kier molecular flexibility index (Phi) is 4.65. The van der Waals surface area contributed by atoms with Gasteiger partial charge in [0.25, 0.3) is 0 Å². The van der Waals surface area contributed by atoms with Crippen molar-refractivity contribution >= 4 is 0 Å². The fraction of sp³-hybridized carbons (Fsp3) is 0.385. The van der Waals surface area contributed by atoms with Crippen molar-refractivity contribution in [1.29, 1.82) is 0 Å². The summed E-state index contributed by atoms with van der Waals surface area (Å²) < 4.78 is 13.7. The topological polar surface area (TPSA) is 38.0 Å². The summed E-state index contributed by atoms with van der Waals surface area (Å²) in [4.78, 5) is 0. The molecule has 16 heavy (non-hydrogen) atoms. The van der Waals surface area contributed by atoms with Gasteiger partial charge in [0.05, 0.1) is 6.04 Å². The van der Waals surface area contributed by atoms with Crippen LogP contribution in [0.3, 0.4) is 0 Å². The van der Waals surface area contributed by atoms with Crippen LogP contribution in [0.4, 0.5) is 4.39 Å². The average Bonchev–Trinajstić information content (AvgIpc) is 2.26. The van der Waals surface area contributed by atoms with Gasteiger partial charge in [-0.3, -0.25) is 11.3 Å². The van der Waals surface area contributed by atoms with E-state index in [9.17, 15) is 4.39 Å². The van der Waals surface area contributed by atoms with Crippen molar-refractivity contribution in [3.05, 3.63) is 47.3 Å². The number of nitrogens with two attached hydrogens (primary N) is 1. The third kappa shape index (κ3) is 3.15. The van der Waals surface area contributed by atoms with E-state index in [2.05, 4.69) is 12.0 Å². The van der Waals surface area contributed by atoms with Gasteiger partial charge >= 0.3 is 0 Å². The number of benzene rings is 1. The number of halogens is 1. The second-order valence-corrected chi connectivity index (χ2v) is 4.05. The molecule has 0 spiro atoms. The first kappa shape index (κ1) is 12.9. The summed E-state index contributed by atoms with van der Waals surface area (Å²) in [6.45, 7) is 7.81. The molecule has 0 radical (unpaired) electrons. The smallest absolute Gasteiger partial charge is 0.128 e. The van der Waals surface area contributed by atoms with Gasteiger partial charge < -0.3 is 0 Å². The number of aryl methyl sites for hydroxylation is 1. The molecular formula is C13H19FN2. The highest BCUT2D eigenvalue weighted by Crippen LogP contribution is 2.24. The second kappa shape index (κ2) is 5.77. The summed E-state index contributed by atoms with van der Waals surface area (Å²) >= 11 is 0. The van der Waals surface area contributed by atoms with Crippen LogP contribution in [0.25, 0.3) is 0 Å². The molecule has 0 heterocycles. The van der Waals surface area contributed by atoms with Crippen molar-refractivity contribution in [3.8, 4) is 0 Å². The van der Waals surface area contributed by atoms with Gasteiger partial charge in [0, 0.05) is 5.56 Å². The first-order valence-corrected chi connectivity index (χ1v) is 5.47. The van der Waals surface area contributed by atoms with Gasteiger partial charge in [0.15, 0.2) is 0 Å². The summed E-state index contributed by atoms with van der Waals surface area (Å²) in [6, 6.07) is 4.98. The lowest BCUT2D eigenvalue weighted by molar-refractivity contribution is 0.506. The number of nitrogens with one attached hydrogen (secondary N) is 1. The third-order valence-corrected chi connectivity index (χ3v) is 2.73. The molecule has 0 fully saturated rings. The van der Waals surface area contributed by atoms with Crippen molar-refractivity contribution < 1.29 is 4.39 Å². The quantitative estimate of drug-likeness (QED) is 0.456. The molecule has 0 aliphatic carbocycles. The number of hydrogen-bond donors (Lipinski definition) is 2. The Bertz CT molecular complexity index is 374. The lowest BCUT2D eigenvalue weighted by Crippen LogP contribution is -2.29. The first-order valence-electron chi connectivity index (χ1n) is 5.47. The van der Waals surface area contributed by atoms with Gasteiger partial charge in [-0.25, -0.2) is 4.39 Å². The van der Waals surface area contributed by atoms with Crippen molar-refractivity contribution in [2.24, 2.45) is 5.84 Å². The second-order valence-electron chi connectivity index (χ2n) is 4.05. The average molecular weight is 222 g/mol. The molecule has 1 aromatic carbocycles.